The lowest BCUT2D eigenvalue weighted by Crippen LogP contribution is -2.44. The Labute approximate surface area is 147 Å². The average Bonchev–Trinajstić information content (AvgIpc) is 3.08. The topological polar surface area (TPSA) is 99.8 Å². The van der Waals surface area contributed by atoms with Gasteiger partial charge in [0.05, 0.1) is 30.4 Å². The second-order valence-electron chi connectivity index (χ2n) is 5.68. The first-order valence-corrected chi connectivity index (χ1v) is 9.75. The van der Waals surface area contributed by atoms with Crippen molar-refractivity contribution in [3.63, 3.8) is 0 Å². The minimum Gasteiger partial charge on any atom is -0.467 e. The Kier molecular flexibility index (Phi) is 6.22. The van der Waals surface area contributed by atoms with Gasteiger partial charge >= 0.3 is 6.03 Å². The second-order valence-corrected chi connectivity index (χ2v) is 7.69. The molecule has 0 aliphatic heterocycles. The molecule has 1 atom stereocenters. The molecule has 7 nitrogen and oxygen atoms in total. The molecule has 1 heterocycles. The Balaban J connectivity index is 2.15. The van der Waals surface area contributed by atoms with Crippen LogP contribution in [0.2, 0.25) is 0 Å². The van der Waals surface area contributed by atoms with Crippen LogP contribution in [0.15, 0.2) is 52.0 Å². The van der Waals surface area contributed by atoms with Gasteiger partial charge in [-0.2, -0.15) is 0 Å². The zero-order chi connectivity index (χ0) is 18.4. The van der Waals surface area contributed by atoms with Crippen LogP contribution in [0.3, 0.4) is 0 Å². The molecule has 136 valence electrons. The molecule has 0 aliphatic rings. The predicted octanol–water partition coefficient (Wildman–Crippen LogP) is 2.49. The molecule has 2 N–H and O–H groups in total. The van der Waals surface area contributed by atoms with Gasteiger partial charge in [-0.1, -0.05) is 6.92 Å². The summed E-state index contributed by atoms with van der Waals surface area (Å²) in [7, 11) is -3.29. The fourth-order valence-corrected chi connectivity index (χ4v) is 3.00. The monoisotopic (exact) mass is 366 g/mol. The first kappa shape index (κ1) is 19.0. The second kappa shape index (κ2) is 8.17. The highest BCUT2D eigenvalue weighted by molar-refractivity contribution is 7.90. The Morgan fingerprint density at radius 3 is 2.44 bits per heavy atom. The van der Waals surface area contributed by atoms with E-state index in [9.17, 15) is 18.3 Å². The highest BCUT2D eigenvalue weighted by atomic mass is 32.2. The van der Waals surface area contributed by atoms with E-state index in [1.54, 1.807) is 12.1 Å². The molecule has 0 radical (unpaired) electrons. The lowest BCUT2D eigenvalue weighted by molar-refractivity contribution is 0.129. The summed E-state index contributed by atoms with van der Waals surface area (Å²) in [6.45, 7) is 1.93. The van der Waals surface area contributed by atoms with Crippen LogP contribution < -0.4 is 5.32 Å². The van der Waals surface area contributed by atoms with E-state index in [0.717, 1.165) is 6.26 Å². The van der Waals surface area contributed by atoms with Crippen LogP contribution in [-0.2, 0) is 16.4 Å². The minimum atomic E-state index is -3.29. The quantitative estimate of drug-likeness (QED) is 0.784. The summed E-state index contributed by atoms with van der Waals surface area (Å²) < 4.78 is 28.3. The maximum Gasteiger partial charge on any atom is 0.322 e. The van der Waals surface area contributed by atoms with Crippen molar-refractivity contribution in [2.45, 2.75) is 30.8 Å². The molecule has 0 bridgehead atoms. The smallest absolute Gasteiger partial charge is 0.322 e. The van der Waals surface area contributed by atoms with Crippen LogP contribution in [0.1, 0.15) is 19.1 Å². The van der Waals surface area contributed by atoms with E-state index in [1.807, 2.05) is 6.92 Å². The summed E-state index contributed by atoms with van der Waals surface area (Å²) in [5.74, 6) is 0.606. The van der Waals surface area contributed by atoms with Gasteiger partial charge in [-0.05, 0) is 42.8 Å². The Morgan fingerprint density at radius 1 is 1.28 bits per heavy atom. The van der Waals surface area contributed by atoms with Crippen LogP contribution in [0.5, 0.6) is 0 Å². The van der Waals surface area contributed by atoms with E-state index < -0.39 is 15.9 Å². The van der Waals surface area contributed by atoms with Gasteiger partial charge in [0, 0.05) is 11.9 Å². The van der Waals surface area contributed by atoms with Gasteiger partial charge in [0.15, 0.2) is 9.84 Å². The predicted molar refractivity (Wildman–Crippen MR) is 94.0 cm³/mol. The van der Waals surface area contributed by atoms with E-state index in [0.29, 0.717) is 17.9 Å². The molecule has 0 aliphatic carbocycles. The van der Waals surface area contributed by atoms with Gasteiger partial charge in [-0.3, -0.25) is 0 Å². The van der Waals surface area contributed by atoms with Crippen LogP contribution in [0, 0.1) is 0 Å². The SMILES string of the molecule is CCC(CO)N(Cc1ccco1)C(=O)Nc1ccc(S(C)(=O)=O)cc1. The number of hydrogen-bond acceptors (Lipinski definition) is 5. The zero-order valence-electron chi connectivity index (χ0n) is 14.2. The van der Waals surface area contributed by atoms with Gasteiger partial charge in [-0.15, -0.1) is 0 Å². The Hall–Kier alpha value is -2.32. The van der Waals surface area contributed by atoms with E-state index in [4.69, 9.17) is 4.42 Å². The molecule has 0 saturated heterocycles. The third kappa shape index (κ3) is 5.07. The van der Waals surface area contributed by atoms with Gasteiger partial charge in [0.2, 0.25) is 0 Å². The van der Waals surface area contributed by atoms with E-state index in [1.165, 1.54) is 35.4 Å². The molecule has 1 aromatic heterocycles. The summed E-state index contributed by atoms with van der Waals surface area (Å²) in [5.41, 5.74) is 0.467. The summed E-state index contributed by atoms with van der Waals surface area (Å²) in [5, 5.41) is 12.3. The molecule has 2 rings (SSSR count). The van der Waals surface area contributed by atoms with Gasteiger partial charge in [0.1, 0.15) is 5.76 Å². The maximum absolute atomic E-state index is 12.6. The third-order valence-corrected chi connectivity index (χ3v) is 4.95. The molecule has 8 heteroatoms. The number of sulfone groups is 1. The molecular formula is C17H22N2O5S. The fraction of sp³-hybridized carbons (Fsp3) is 0.353. The molecule has 0 spiro atoms. The molecular weight excluding hydrogens is 344 g/mol. The summed E-state index contributed by atoms with van der Waals surface area (Å²) in [6.07, 6.45) is 3.23. The van der Waals surface area contributed by atoms with E-state index in [-0.39, 0.29) is 24.1 Å². The van der Waals surface area contributed by atoms with Crippen LogP contribution >= 0.6 is 0 Å². The molecule has 0 fully saturated rings. The number of urea groups is 1. The van der Waals surface area contributed by atoms with E-state index in [2.05, 4.69) is 5.32 Å². The van der Waals surface area contributed by atoms with Gasteiger partial charge < -0.3 is 19.7 Å². The number of benzene rings is 1. The molecule has 1 aromatic carbocycles. The summed E-state index contributed by atoms with van der Waals surface area (Å²) >= 11 is 0. The van der Waals surface area contributed by atoms with Crippen molar-refractivity contribution >= 4 is 21.6 Å². The van der Waals surface area contributed by atoms with Crippen LogP contribution in [0.4, 0.5) is 10.5 Å². The molecule has 2 aromatic rings. The average molecular weight is 366 g/mol. The number of amides is 2. The Morgan fingerprint density at radius 2 is 1.96 bits per heavy atom. The largest absolute Gasteiger partial charge is 0.467 e. The van der Waals surface area contributed by atoms with Crippen molar-refractivity contribution in [1.29, 1.82) is 0 Å². The molecule has 1 unspecified atom stereocenters. The highest BCUT2D eigenvalue weighted by Crippen LogP contribution is 2.17. The number of anilines is 1. The van der Waals surface area contributed by atoms with Crippen molar-refractivity contribution in [3.05, 3.63) is 48.4 Å². The Bertz CT molecular complexity index is 781. The van der Waals surface area contributed by atoms with Crippen molar-refractivity contribution in [3.8, 4) is 0 Å². The standard InChI is InChI=1S/C17H22N2O5S/c1-3-14(12-20)19(11-15-5-4-10-24-15)17(21)18-13-6-8-16(9-7-13)25(2,22)23/h4-10,14,20H,3,11-12H2,1-2H3,(H,18,21). The van der Waals surface area contributed by atoms with Gasteiger partial charge in [0.25, 0.3) is 0 Å². The number of carbonyl (C=O) groups excluding carboxylic acids is 1. The van der Waals surface area contributed by atoms with E-state index >= 15 is 0 Å². The summed E-state index contributed by atoms with van der Waals surface area (Å²) in [6, 6.07) is 8.65. The lowest BCUT2D eigenvalue weighted by Gasteiger charge is -2.29. The number of carbonyl (C=O) groups is 1. The number of nitrogens with one attached hydrogen (secondary N) is 1. The highest BCUT2D eigenvalue weighted by Gasteiger charge is 2.23. The van der Waals surface area contributed by atoms with Crippen molar-refractivity contribution < 1.29 is 22.7 Å². The molecule has 0 saturated carbocycles. The normalized spacial score (nSPS) is 12.6. The third-order valence-electron chi connectivity index (χ3n) is 3.82. The number of nitrogens with zero attached hydrogens (tertiary/aromatic N) is 1. The summed E-state index contributed by atoms with van der Waals surface area (Å²) in [4.78, 5) is 14.3. The van der Waals surface area contributed by atoms with Crippen molar-refractivity contribution in [2.24, 2.45) is 0 Å². The minimum absolute atomic E-state index is 0.169. The van der Waals surface area contributed by atoms with Crippen LogP contribution in [0.25, 0.3) is 0 Å². The first-order valence-electron chi connectivity index (χ1n) is 7.86. The number of rotatable bonds is 7. The maximum atomic E-state index is 12.6. The molecule has 25 heavy (non-hydrogen) atoms. The first-order chi connectivity index (χ1) is 11.8. The van der Waals surface area contributed by atoms with Gasteiger partial charge in [-0.25, -0.2) is 13.2 Å². The number of furan rings is 1. The lowest BCUT2D eigenvalue weighted by atomic mass is 10.2. The zero-order valence-corrected chi connectivity index (χ0v) is 15.0. The van der Waals surface area contributed by atoms with Crippen LogP contribution in [-0.4, -0.2) is 43.4 Å². The number of hydrogen-bond donors (Lipinski definition) is 2. The molecule has 2 amide bonds. The van der Waals surface area contributed by atoms with Crippen molar-refractivity contribution in [1.82, 2.24) is 4.90 Å². The number of aliphatic hydroxyl groups excluding tert-OH is 1. The van der Waals surface area contributed by atoms with Crippen molar-refractivity contribution in [2.75, 3.05) is 18.2 Å². The number of aliphatic hydroxyl groups is 1. The fourth-order valence-electron chi connectivity index (χ4n) is 2.37.